The number of amides is 3. The summed E-state index contributed by atoms with van der Waals surface area (Å²) in [6, 6.07) is 3.65. The van der Waals surface area contributed by atoms with Gasteiger partial charge in [0.05, 0.1) is 13.3 Å². The van der Waals surface area contributed by atoms with E-state index in [0.29, 0.717) is 17.9 Å². The highest BCUT2D eigenvalue weighted by molar-refractivity contribution is 6.20. The van der Waals surface area contributed by atoms with Gasteiger partial charge in [0.1, 0.15) is 17.5 Å². The molecule has 1 aromatic heterocycles. The van der Waals surface area contributed by atoms with E-state index in [1.165, 1.54) is 7.11 Å². The predicted octanol–water partition coefficient (Wildman–Crippen LogP) is 2.56. The van der Waals surface area contributed by atoms with Crippen molar-refractivity contribution in [2.24, 2.45) is 0 Å². The maximum absolute atomic E-state index is 14.1. The maximum Gasteiger partial charge on any atom is 0.331 e. The van der Waals surface area contributed by atoms with E-state index in [9.17, 15) is 14.0 Å². The molecule has 1 N–H and O–H groups in total. The van der Waals surface area contributed by atoms with Crippen LogP contribution in [0, 0.1) is 12.7 Å². The third kappa shape index (κ3) is 3.15. The van der Waals surface area contributed by atoms with Gasteiger partial charge < -0.3 is 14.8 Å². The summed E-state index contributed by atoms with van der Waals surface area (Å²) in [6.07, 6.45) is 1.28. The minimum absolute atomic E-state index is 0.251. The van der Waals surface area contributed by atoms with E-state index in [2.05, 4.69) is 15.3 Å². The van der Waals surface area contributed by atoms with Gasteiger partial charge in [0.2, 0.25) is 11.8 Å². The first-order valence-corrected chi connectivity index (χ1v) is 7.94. The molecule has 9 heteroatoms. The number of aromatic nitrogens is 2. The number of nitrogens with zero attached hydrogens (tertiary/aromatic N) is 3. The van der Waals surface area contributed by atoms with Gasteiger partial charge in [0.15, 0.2) is 0 Å². The van der Waals surface area contributed by atoms with Crippen molar-refractivity contribution in [1.29, 1.82) is 0 Å². The van der Waals surface area contributed by atoms with Crippen molar-refractivity contribution in [2.45, 2.75) is 26.3 Å². The third-order valence-corrected chi connectivity index (χ3v) is 3.92. The van der Waals surface area contributed by atoms with E-state index in [1.807, 2.05) is 6.92 Å². The van der Waals surface area contributed by atoms with Crippen LogP contribution in [0.25, 0.3) is 0 Å². The van der Waals surface area contributed by atoms with Crippen LogP contribution < -0.4 is 19.7 Å². The van der Waals surface area contributed by atoms with Crippen molar-refractivity contribution in [3.8, 4) is 17.4 Å². The van der Waals surface area contributed by atoms with Crippen LogP contribution in [0.4, 0.5) is 15.1 Å². The Balaban J connectivity index is 1.91. The number of nitrogens with one attached hydrogen (secondary N) is 1. The van der Waals surface area contributed by atoms with Crippen LogP contribution in [0.3, 0.4) is 0 Å². The first-order valence-electron chi connectivity index (χ1n) is 7.94. The minimum Gasteiger partial charge on any atom is -0.496 e. The number of hydrogen-bond acceptors (Lipinski definition) is 6. The lowest BCUT2D eigenvalue weighted by Crippen LogP contribution is -2.32. The van der Waals surface area contributed by atoms with Crippen LogP contribution in [-0.4, -0.2) is 35.1 Å². The van der Waals surface area contributed by atoms with Gasteiger partial charge in [-0.2, -0.15) is 14.3 Å². The number of aryl methyl sites for hydroxylation is 1. The molecule has 1 atom stereocenters. The largest absolute Gasteiger partial charge is 0.496 e. The summed E-state index contributed by atoms with van der Waals surface area (Å²) >= 11 is 0. The molecule has 26 heavy (non-hydrogen) atoms. The zero-order valence-corrected chi connectivity index (χ0v) is 14.4. The molecule has 1 aliphatic rings. The van der Waals surface area contributed by atoms with E-state index in [-0.39, 0.29) is 5.95 Å². The molecule has 8 nitrogen and oxygen atoms in total. The first kappa shape index (κ1) is 17.6. The molecule has 1 aromatic carbocycles. The monoisotopic (exact) mass is 360 g/mol. The fourth-order valence-corrected chi connectivity index (χ4v) is 2.49. The first-order chi connectivity index (χ1) is 12.4. The normalized spacial score (nSPS) is 16.6. The topological polar surface area (TPSA) is 93.7 Å². The Morgan fingerprint density at radius 2 is 2.12 bits per heavy atom. The summed E-state index contributed by atoms with van der Waals surface area (Å²) in [4.78, 5) is 32.6. The Kier molecular flexibility index (Phi) is 4.70. The number of benzene rings is 1. The Hall–Kier alpha value is -3.23. The van der Waals surface area contributed by atoms with Crippen LogP contribution in [0.1, 0.15) is 18.9 Å². The van der Waals surface area contributed by atoms with E-state index in [4.69, 9.17) is 9.47 Å². The van der Waals surface area contributed by atoms with Gasteiger partial charge in [0.25, 0.3) is 11.8 Å². The molecular formula is C17H17FN4O4. The lowest BCUT2D eigenvalue weighted by atomic mass is 10.2. The number of carbonyl (C=O) groups is 2. The highest BCUT2D eigenvalue weighted by atomic mass is 19.1. The summed E-state index contributed by atoms with van der Waals surface area (Å²) < 4.78 is 24.7. The molecule has 0 bridgehead atoms. The van der Waals surface area contributed by atoms with Crippen molar-refractivity contribution < 1.29 is 23.5 Å². The van der Waals surface area contributed by atoms with Crippen LogP contribution in [0.2, 0.25) is 0 Å². The molecule has 2 aromatic rings. The Morgan fingerprint density at radius 3 is 2.77 bits per heavy atom. The number of hydrogen-bond donors (Lipinski definition) is 1. The lowest BCUT2D eigenvalue weighted by Gasteiger charge is -2.13. The minimum atomic E-state index is -0.826. The Labute approximate surface area is 149 Å². The van der Waals surface area contributed by atoms with Crippen molar-refractivity contribution in [3.63, 3.8) is 0 Å². The van der Waals surface area contributed by atoms with Gasteiger partial charge in [-0.05, 0) is 25.0 Å². The molecule has 0 unspecified atom stereocenters. The molecule has 0 aliphatic carbocycles. The molecule has 1 aliphatic heterocycles. The Morgan fingerprint density at radius 1 is 1.35 bits per heavy atom. The maximum atomic E-state index is 14.1. The average molecular weight is 360 g/mol. The molecule has 0 spiro atoms. The summed E-state index contributed by atoms with van der Waals surface area (Å²) in [5.74, 6) is -1.11. The Bertz CT molecular complexity index is 874. The highest BCUT2D eigenvalue weighted by Crippen LogP contribution is 2.29. The molecule has 1 saturated heterocycles. The van der Waals surface area contributed by atoms with E-state index in [1.54, 1.807) is 25.1 Å². The zero-order valence-electron chi connectivity index (χ0n) is 14.4. The molecule has 2 heterocycles. The van der Waals surface area contributed by atoms with Gasteiger partial charge >= 0.3 is 6.03 Å². The summed E-state index contributed by atoms with van der Waals surface area (Å²) in [6.45, 7) is 3.62. The molecule has 1 fully saturated rings. The fraction of sp³-hybridized carbons (Fsp3) is 0.294. The predicted molar refractivity (Wildman–Crippen MR) is 89.9 cm³/mol. The van der Waals surface area contributed by atoms with Crippen LogP contribution >= 0.6 is 0 Å². The average Bonchev–Trinajstić information content (AvgIpc) is 2.92. The van der Waals surface area contributed by atoms with Crippen molar-refractivity contribution in [2.75, 3.05) is 12.0 Å². The number of anilines is 1. The smallest absolute Gasteiger partial charge is 0.331 e. The van der Waals surface area contributed by atoms with E-state index < -0.39 is 29.7 Å². The quantitative estimate of drug-likeness (QED) is 0.824. The highest BCUT2D eigenvalue weighted by Gasteiger charge is 2.40. The SMILES string of the molecule is CC[C@H]1NC(=O)N(c2ncc(F)c(Oc3ccc(C)c(OC)c3)n2)C1=O. The van der Waals surface area contributed by atoms with Crippen molar-refractivity contribution in [3.05, 3.63) is 35.8 Å². The van der Waals surface area contributed by atoms with Gasteiger partial charge in [0, 0.05) is 6.07 Å². The second-order valence-electron chi connectivity index (χ2n) is 5.64. The summed E-state index contributed by atoms with van der Waals surface area (Å²) in [5, 5.41) is 2.51. The lowest BCUT2D eigenvalue weighted by molar-refractivity contribution is -0.118. The molecule has 0 radical (unpaired) electrons. The number of urea groups is 1. The van der Waals surface area contributed by atoms with Gasteiger partial charge in [-0.25, -0.2) is 9.78 Å². The number of carbonyl (C=O) groups excluding carboxylic acids is 2. The number of rotatable bonds is 5. The van der Waals surface area contributed by atoms with Crippen molar-refractivity contribution >= 4 is 17.9 Å². The fourth-order valence-electron chi connectivity index (χ4n) is 2.49. The summed E-state index contributed by atoms with van der Waals surface area (Å²) in [5.41, 5.74) is 0.883. The van der Waals surface area contributed by atoms with E-state index >= 15 is 0 Å². The van der Waals surface area contributed by atoms with Gasteiger partial charge in [-0.3, -0.25) is 4.79 Å². The standard InChI is InChI=1S/C17H17FN4O4/c1-4-12-15(23)22(17(24)20-12)16-19-8-11(18)14(21-16)26-10-6-5-9(2)13(7-10)25-3/h5-8,12H,4H2,1-3H3,(H,20,24)/t12-/m1/s1. The van der Waals surface area contributed by atoms with Crippen molar-refractivity contribution in [1.82, 2.24) is 15.3 Å². The molecule has 136 valence electrons. The second kappa shape index (κ2) is 6.95. The third-order valence-electron chi connectivity index (χ3n) is 3.92. The number of ether oxygens (including phenoxy) is 2. The van der Waals surface area contributed by atoms with Crippen LogP contribution in [-0.2, 0) is 4.79 Å². The number of methoxy groups -OCH3 is 1. The zero-order chi connectivity index (χ0) is 18.8. The number of imide groups is 1. The summed E-state index contributed by atoms with van der Waals surface area (Å²) in [7, 11) is 1.51. The van der Waals surface area contributed by atoms with Crippen LogP contribution in [0.15, 0.2) is 24.4 Å². The molecule has 3 amide bonds. The van der Waals surface area contributed by atoms with Gasteiger partial charge in [-0.15, -0.1) is 0 Å². The molecular weight excluding hydrogens is 343 g/mol. The molecule has 3 rings (SSSR count). The van der Waals surface area contributed by atoms with Gasteiger partial charge in [-0.1, -0.05) is 13.0 Å². The number of halogens is 1. The second-order valence-corrected chi connectivity index (χ2v) is 5.64. The molecule has 0 saturated carbocycles. The van der Waals surface area contributed by atoms with E-state index in [0.717, 1.165) is 16.7 Å². The van der Waals surface area contributed by atoms with Crippen LogP contribution in [0.5, 0.6) is 17.4 Å².